The van der Waals surface area contributed by atoms with E-state index < -0.39 is 40.1 Å². The second kappa shape index (κ2) is 17.9. The van der Waals surface area contributed by atoms with Gasteiger partial charge in [0.1, 0.15) is 12.1 Å². The maximum atomic E-state index is 15.3. The lowest BCUT2D eigenvalue weighted by Gasteiger charge is -2.51. The molecule has 3 saturated heterocycles. The van der Waals surface area contributed by atoms with Gasteiger partial charge in [-0.05, 0) is 99.2 Å². The second-order valence-electron chi connectivity index (χ2n) is 20.3. The predicted molar refractivity (Wildman–Crippen MR) is 257 cm³/mol. The molecule has 7 atom stereocenters. The van der Waals surface area contributed by atoms with Crippen LogP contribution < -0.4 is 10.7 Å². The van der Waals surface area contributed by atoms with Gasteiger partial charge >= 0.3 is 12.0 Å². The number of methoxy groups -OCH3 is 1. The highest BCUT2D eigenvalue weighted by molar-refractivity contribution is 7.10. The molecule has 1 aromatic carbocycles. The van der Waals surface area contributed by atoms with Crippen molar-refractivity contribution in [3.05, 3.63) is 58.2 Å². The molecule has 5 aliphatic rings. The monoisotopic (exact) mass is 947 g/mol. The fourth-order valence-electron chi connectivity index (χ4n) is 11.2. The van der Waals surface area contributed by atoms with Crippen molar-refractivity contribution in [1.82, 2.24) is 40.1 Å². The number of nitrogens with one attached hydrogen (secondary N) is 2. The van der Waals surface area contributed by atoms with Crippen molar-refractivity contribution in [2.45, 2.75) is 127 Å². The third-order valence-corrected chi connectivity index (χ3v) is 17.9. The third-order valence-electron chi connectivity index (χ3n) is 14.7. The Morgan fingerprint density at radius 1 is 1.14 bits per heavy atom. The molecule has 5 unspecified atom stereocenters. The molecule has 7 heterocycles. The van der Waals surface area contributed by atoms with Gasteiger partial charge in [0.05, 0.1) is 49.6 Å². The Kier molecular flexibility index (Phi) is 12.7. The summed E-state index contributed by atoms with van der Waals surface area (Å²) < 4.78 is 14.5. The van der Waals surface area contributed by atoms with Crippen LogP contribution >= 0.6 is 11.3 Å². The Balaban J connectivity index is 1.12. The summed E-state index contributed by atoms with van der Waals surface area (Å²) in [6.07, 6.45) is 6.86. The lowest BCUT2D eigenvalue weighted by atomic mass is 9.61. The van der Waals surface area contributed by atoms with E-state index >= 15 is 4.79 Å². The molecule has 4 fully saturated rings. The molecule has 349 valence electrons. The van der Waals surface area contributed by atoms with E-state index in [1.54, 1.807) is 30.3 Å². The van der Waals surface area contributed by atoms with E-state index in [4.69, 9.17) is 19.4 Å². The summed E-state index contributed by atoms with van der Waals surface area (Å²) >= 11 is 1.54. The zero-order valence-electron chi connectivity index (χ0n) is 39.5. The minimum atomic E-state index is -0.991. The summed E-state index contributed by atoms with van der Waals surface area (Å²) in [5.74, 6) is -0.932. The van der Waals surface area contributed by atoms with Crippen molar-refractivity contribution in [2.24, 2.45) is 16.7 Å². The normalized spacial score (nSPS) is 26.5. The lowest BCUT2D eigenvalue weighted by Crippen LogP contribution is -2.68. The van der Waals surface area contributed by atoms with Crippen molar-refractivity contribution < 1.29 is 28.7 Å². The number of carbonyl (C=O) groups is 4. The fourth-order valence-corrected chi connectivity index (χ4v) is 14.4. The first kappa shape index (κ1) is 46.7. The number of fused-ring (bicyclic) bond motifs is 8. The number of likely N-dealkylation sites (tertiary alicyclic amines) is 1. The van der Waals surface area contributed by atoms with Gasteiger partial charge in [-0.2, -0.15) is 0 Å². The molecule has 4 aliphatic heterocycles. The fraction of sp³-hybridized carbons (Fsp3) is 0.592. The van der Waals surface area contributed by atoms with Gasteiger partial charge in [0.2, 0.25) is 11.8 Å². The van der Waals surface area contributed by atoms with Crippen molar-refractivity contribution in [1.29, 1.82) is 0 Å². The predicted octanol–water partition coefficient (Wildman–Crippen LogP) is 6.34. The Hall–Kier alpha value is -4.43. The average Bonchev–Trinajstić information content (AvgIpc) is 3.76. The lowest BCUT2D eigenvalue weighted by molar-refractivity contribution is -0.161. The molecule has 6 bridgehead atoms. The first-order valence-electron chi connectivity index (χ1n) is 23.7. The number of carbonyl (C=O) groups excluding carboxylic acids is 4. The highest BCUT2D eigenvalue weighted by Crippen LogP contribution is 2.72. The van der Waals surface area contributed by atoms with E-state index in [-0.39, 0.29) is 41.5 Å². The standard InChI is InChI=1S/C49H63N8O6SSi2/c1-9-56-35-18-17-29-23-31(35)32(38(56)30-15-13-19-50-40(30)48(6,65)62-8)24-47(4,5)27-63-44(59)33-16-14-22-57(53-33)45(60)49(25-36-51-34(29)26-64-36)41(39-42(49)66-39)52-43(58)37(28(2)3)54(7)46(61)55-20-11-10-12-21-55/h13,15,17-19,23,26,28,33,37,39,41-42,53H,9-12,14,16,20-22,24-25,27H2,1-8H3,(H,52,58)/t33-,37?,39?,41?,42?,48+,49?/m0/s1. The molecular formula is C49H63N8O6SSi2. The van der Waals surface area contributed by atoms with Crippen LogP contribution in [0.1, 0.15) is 89.9 Å². The highest BCUT2D eigenvalue weighted by Gasteiger charge is 2.76. The number of rotatable bonds is 8. The van der Waals surface area contributed by atoms with Crippen molar-refractivity contribution in [3.8, 4) is 22.5 Å². The van der Waals surface area contributed by atoms with E-state index in [1.165, 1.54) is 11.3 Å². The Morgan fingerprint density at radius 2 is 1.91 bits per heavy atom. The summed E-state index contributed by atoms with van der Waals surface area (Å²) in [6, 6.07) is 8.54. The first-order chi connectivity index (χ1) is 31.5. The minimum absolute atomic E-state index is 0.0660. The maximum Gasteiger partial charge on any atom is 0.324 e. The summed E-state index contributed by atoms with van der Waals surface area (Å²) in [6.45, 7) is 14.9. The quantitative estimate of drug-likeness (QED) is 0.152. The van der Waals surface area contributed by atoms with Crippen LogP contribution in [0.2, 0.25) is 11.1 Å². The van der Waals surface area contributed by atoms with Crippen LogP contribution in [0, 0.1) is 16.7 Å². The molecule has 2 N–H and O–H groups in total. The number of likely N-dealkylation sites (N-methyl/N-ethyl adjacent to an activating group) is 1. The number of cyclic esters (lactones) is 1. The number of nitrogens with zero attached hydrogens (tertiary/aromatic N) is 6. The Bertz CT molecular complexity index is 2540. The van der Waals surface area contributed by atoms with E-state index in [9.17, 15) is 14.4 Å². The minimum Gasteiger partial charge on any atom is -0.464 e. The van der Waals surface area contributed by atoms with Gasteiger partial charge in [-0.1, -0.05) is 33.8 Å². The molecule has 4 amide bonds. The van der Waals surface area contributed by atoms with Gasteiger partial charge in [0.15, 0.2) is 0 Å². The number of piperidine rings is 1. The smallest absolute Gasteiger partial charge is 0.324 e. The van der Waals surface area contributed by atoms with Crippen molar-refractivity contribution >= 4 is 65.8 Å². The molecular weight excluding hydrogens is 885 g/mol. The van der Waals surface area contributed by atoms with E-state index in [1.807, 2.05) is 31.7 Å². The van der Waals surface area contributed by atoms with Crippen LogP contribution in [0.3, 0.4) is 0 Å². The number of amides is 4. The first-order valence-corrected chi connectivity index (χ1v) is 26.2. The van der Waals surface area contributed by atoms with Gasteiger partial charge < -0.3 is 29.2 Å². The van der Waals surface area contributed by atoms with E-state index in [2.05, 4.69) is 76.0 Å². The van der Waals surface area contributed by atoms with E-state index in [0.717, 1.165) is 68.9 Å². The number of hydrogen-bond acceptors (Lipinski definition) is 10. The number of aromatic nitrogens is 3. The van der Waals surface area contributed by atoms with Crippen LogP contribution in [0.15, 0.2) is 41.9 Å². The number of hydrazine groups is 1. The van der Waals surface area contributed by atoms with Crippen LogP contribution in [0.25, 0.3) is 33.4 Å². The molecule has 17 heteroatoms. The number of benzene rings is 1. The molecule has 1 aliphatic carbocycles. The van der Waals surface area contributed by atoms with Gasteiger partial charge in [-0.3, -0.25) is 24.4 Å². The maximum absolute atomic E-state index is 15.3. The highest BCUT2D eigenvalue weighted by atomic mass is 32.1. The number of pyridine rings is 1. The Labute approximate surface area is 398 Å². The molecule has 3 aromatic heterocycles. The zero-order chi connectivity index (χ0) is 46.9. The van der Waals surface area contributed by atoms with Crippen molar-refractivity contribution in [2.75, 3.05) is 40.4 Å². The molecule has 9 rings (SSSR count). The van der Waals surface area contributed by atoms with Gasteiger partial charge in [-0.25, -0.2) is 15.2 Å². The Morgan fingerprint density at radius 3 is 2.64 bits per heavy atom. The number of aryl methyl sites for hydroxylation is 1. The second-order valence-corrected chi connectivity index (χ2v) is 23.8. The molecule has 4 aromatic rings. The molecule has 1 spiro atoms. The van der Waals surface area contributed by atoms with Crippen LogP contribution in [0.4, 0.5) is 4.79 Å². The van der Waals surface area contributed by atoms with E-state index in [0.29, 0.717) is 61.4 Å². The zero-order valence-corrected chi connectivity index (χ0v) is 42.3. The van der Waals surface area contributed by atoms with Gasteiger partial charge in [0.25, 0.3) is 0 Å². The summed E-state index contributed by atoms with van der Waals surface area (Å²) in [4.78, 5) is 71.4. The van der Waals surface area contributed by atoms with Crippen LogP contribution in [-0.4, -0.2) is 131 Å². The summed E-state index contributed by atoms with van der Waals surface area (Å²) in [5.41, 5.74) is 8.74. The number of esters is 1. The number of hydrogen-bond donors (Lipinski definition) is 2. The molecule has 66 heavy (non-hydrogen) atoms. The summed E-state index contributed by atoms with van der Waals surface area (Å²) in [5, 5.41) is 8.12. The molecule has 5 radical (unpaired) electrons. The topological polar surface area (TPSA) is 151 Å². The number of urea groups is 1. The summed E-state index contributed by atoms with van der Waals surface area (Å²) in [7, 11) is 7.76. The number of ether oxygens (including phenoxy) is 2. The SMILES string of the molecule is CCn1c(-c2cccnc2[C@@](C)([Si])OC)c2c3cc(ccc31)-c1csc(n1)CC1(C(=O)N3CCC[C@H](N3)C(=O)OCC(C)(C)C2)C(NC(=O)C(C(C)C)N(C)C(=O)N2CCCCC2)C2[Si]C21. The van der Waals surface area contributed by atoms with Crippen LogP contribution in [0.5, 0.6) is 0 Å². The van der Waals surface area contributed by atoms with Gasteiger partial charge in [0, 0.05) is 101 Å². The third kappa shape index (κ3) is 8.23. The van der Waals surface area contributed by atoms with Crippen LogP contribution in [-0.2, 0) is 48.5 Å². The van der Waals surface area contributed by atoms with Gasteiger partial charge in [-0.15, -0.1) is 11.3 Å². The molecule has 1 saturated carbocycles. The largest absolute Gasteiger partial charge is 0.464 e. The van der Waals surface area contributed by atoms with Crippen molar-refractivity contribution in [3.63, 3.8) is 0 Å². The average molecular weight is 948 g/mol. The number of thiazole rings is 1. The molecule has 14 nitrogen and oxygen atoms in total.